The first-order valence-electron chi connectivity index (χ1n) is 15.6. The lowest BCUT2D eigenvalue weighted by atomic mass is 9.88. The molecule has 0 amide bonds. The Morgan fingerprint density at radius 2 is 1.48 bits per heavy atom. The van der Waals surface area contributed by atoms with E-state index in [4.69, 9.17) is 15.0 Å². The van der Waals surface area contributed by atoms with E-state index in [0.717, 1.165) is 40.6 Å². The number of nitrogens with zero attached hydrogens (tertiary/aromatic N) is 6. The van der Waals surface area contributed by atoms with E-state index in [2.05, 4.69) is 93.5 Å². The standard InChI is InChI=1S/C40H26N6/c1-2-13-33-28(10-1)38-30-17-21-45(27-15-16-32(44-24-27)31-12-3-4-18-41-31)34-14-5-8-25(37(30)34)22-36(38)46(33)35-23-26-9-6-19-42-39(26)40-29(35)11-7-20-43-40/h1-22,24,35H,23H2. The number of anilines is 2. The summed E-state index contributed by atoms with van der Waals surface area (Å²) in [7, 11) is 0. The Kier molecular flexibility index (Phi) is 5.31. The summed E-state index contributed by atoms with van der Waals surface area (Å²) in [5.74, 6) is 0. The monoisotopic (exact) mass is 590 g/mol. The summed E-state index contributed by atoms with van der Waals surface area (Å²) in [6, 6.07) is 36.5. The van der Waals surface area contributed by atoms with E-state index in [-0.39, 0.29) is 6.04 Å². The Balaban J connectivity index is 1.18. The molecule has 1 aliphatic carbocycles. The van der Waals surface area contributed by atoms with Crippen LogP contribution in [0.3, 0.4) is 0 Å². The minimum Gasteiger partial charge on any atom is -0.332 e. The second-order valence-electron chi connectivity index (χ2n) is 11.9. The third-order valence-electron chi connectivity index (χ3n) is 9.50. The Morgan fingerprint density at radius 3 is 2.37 bits per heavy atom. The van der Waals surface area contributed by atoms with Gasteiger partial charge in [-0.3, -0.25) is 19.9 Å². The fraction of sp³-hybridized carbons (Fsp3) is 0.0500. The lowest BCUT2D eigenvalue weighted by Gasteiger charge is -2.29. The molecule has 6 nitrogen and oxygen atoms in total. The van der Waals surface area contributed by atoms with E-state index in [9.17, 15) is 0 Å². The van der Waals surface area contributed by atoms with Gasteiger partial charge in [-0.1, -0.05) is 48.5 Å². The van der Waals surface area contributed by atoms with Crippen molar-refractivity contribution in [3.05, 3.63) is 151 Å². The van der Waals surface area contributed by atoms with Crippen LogP contribution in [0, 0.1) is 0 Å². The number of hydrogen-bond acceptors (Lipinski definition) is 5. The predicted octanol–water partition coefficient (Wildman–Crippen LogP) is 9.13. The van der Waals surface area contributed by atoms with Crippen molar-refractivity contribution in [2.75, 3.05) is 4.90 Å². The lowest BCUT2D eigenvalue weighted by Crippen LogP contribution is -2.20. The fourth-order valence-electron chi connectivity index (χ4n) is 7.55. The van der Waals surface area contributed by atoms with Crippen molar-refractivity contribution >= 4 is 50.0 Å². The van der Waals surface area contributed by atoms with E-state index in [1.165, 1.54) is 49.3 Å². The van der Waals surface area contributed by atoms with Crippen molar-refractivity contribution in [3.8, 4) is 22.8 Å². The smallest absolute Gasteiger partial charge is 0.0941 e. The number of pyridine rings is 4. The molecule has 8 aromatic rings. The van der Waals surface area contributed by atoms with Gasteiger partial charge in [0.25, 0.3) is 0 Å². The molecule has 0 saturated heterocycles. The Labute approximate surface area is 265 Å². The molecule has 1 aliphatic heterocycles. The van der Waals surface area contributed by atoms with Gasteiger partial charge in [-0.25, -0.2) is 0 Å². The van der Waals surface area contributed by atoms with Crippen LogP contribution < -0.4 is 4.90 Å². The maximum atomic E-state index is 4.84. The van der Waals surface area contributed by atoms with E-state index in [1.807, 2.05) is 55.0 Å². The molecular formula is C40H26N6. The van der Waals surface area contributed by atoms with Crippen molar-refractivity contribution in [2.45, 2.75) is 12.5 Å². The molecule has 0 spiro atoms. The zero-order chi connectivity index (χ0) is 30.2. The number of aromatic nitrogens is 5. The van der Waals surface area contributed by atoms with Gasteiger partial charge in [0.2, 0.25) is 0 Å². The van der Waals surface area contributed by atoms with Crippen LogP contribution in [0.4, 0.5) is 11.4 Å². The van der Waals surface area contributed by atoms with Crippen LogP contribution in [0.5, 0.6) is 0 Å². The first-order chi connectivity index (χ1) is 22.8. The molecule has 1 unspecified atom stereocenters. The Morgan fingerprint density at radius 1 is 0.630 bits per heavy atom. The third-order valence-corrected chi connectivity index (χ3v) is 9.50. The van der Waals surface area contributed by atoms with Crippen LogP contribution in [-0.4, -0.2) is 24.5 Å². The normalized spacial score (nSPS) is 15.0. The van der Waals surface area contributed by atoms with Crippen LogP contribution >= 0.6 is 0 Å². The van der Waals surface area contributed by atoms with Gasteiger partial charge < -0.3 is 9.47 Å². The molecule has 2 aliphatic rings. The summed E-state index contributed by atoms with van der Waals surface area (Å²) >= 11 is 0. The lowest BCUT2D eigenvalue weighted by molar-refractivity contribution is 0.607. The molecule has 6 heteroatoms. The van der Waals surface area contributed by atoms with Crippen molar-refractivity contribution in [3.63, 3.8) is 0 Å². The Hall–Kier alpha value is -6.14. The highest BCUT2D eigenvalue weighted by atomic mass is 15.1. The highest BCUT2D eigenvalue weighted by molar-refractivity contribution is 6.21. The molecule has 0 bridgehead atoms. The van der Waals surface area contributed by atoms with Gasteiger partial charge in [0.1, 0.15) is 0 Å². The number of fused-ring (bicyclic) bond motifs is 7. The quantitative estimate of drug-likeness (QED) is 0.205. The second kappa shape index (κ2) is 9.68. The van der Waals surface area contributed by atoms with Gasteiger partial charge in [0.05, 0.1) is 51.9 Å². The van der Waals surface area contributed by atoms with Gasteiger partial charge in [0, 0.05) is 52.0 Å². The Bertz CT molecular complexity index is 2510. The number of para-hydroxylation sites is 1. The number of hydrogen-bond donors (Lipinski definition) is 0. The average Bonchev–Trinajstić information content (AvgIpc) is 3.46. The summed E-state index contributed by atoms with van der Waals surface area (Å²) in [6.45, 7) is 0. The number of benzene rings is 3. The molecule has 3 aromatic carbocycles. The molecule has 0 radical (unpaired) electrons. The summed E-state index contributed by atoms with van der Waals surface area (Å²) in [5.41, 5.74) is 12.0. The van der Waals surface area contributed by atoms with Crippen LogP contribution in [-0.2, 0) is 6.42 Å². The largest absolute Gasteiger partial charge is 0.332 e. The van der Waals surface area contributed by atoms with Crippen LogP contribution in [0.15, 0.2) is 134 Å². The predicted molar refractivity (Wildman–Crippen MR) is 185 cm³/mol. The van der Waals surface area contributed by atoms with E-state index < -0.39 is 0 Å². The van der Waals surface area contributed by atoms with Gasteiger partial charge in [0.15, 0.2) is 0 Å². The van der Waals surface area contributed by atoms with Crippen LogP contribution in [0.2, 0.25) is 0 Å². The topological polar surface area (TPSA) is 59.7 Å². The van der Waals surface area contributed by atoms with Gasteiger partial charge >= 0.3 is 0 Å². The third kappa shape index (κ3) is 3.58. The van der Waals surface area contributed by atoms with Crippen LogP contribution in [0.25, 0.3) is 61.4 Å². The second-order valence-corrected chi connectivity index (χ2v) is 11.9. The molecular weight excluding hydrogens is 564 g/mol. The van der Waals surface area contributed by atoms with E-state index in [1.54, 1.807) is 6.20 Å². The average molecular weight is 591 g/mol. The van der Waals surface area contributed by atoms with E-state index in [0.29, 0.717) is 0 Å². The van der Waals surface area contributed by atoms with Gasteiger partial charge in [-0.15, -0.1) is 0 Å². The van der Waals surface area contributed by atoms with Crippen molar-refractivity contribution < 1.29 is 0 Å². The SMILES string of the molecule is C1=CN(c2ccc(-c3ccccn3)nc2)c2cccc3cc4c(c1c23)c1ccccc1n4C1Cc2cccnc2-c2ncccc21. The molecule has 0 N–H and O–H groups in total. The summed E-state index contributed by atoms with van der Waals surface area (Å²) in [5, 5.41) is 4.99. The van der Waals surface area contributed by atoms with E-state index >= 15 is 0 Å². The molecule has 46 heavy (non-hydrogen) atoms. The van der Waals surface area contributed by atoms with Crippen molar-refractivity contribution in [1.29, 1.82) is 0 Å². The molecule has 6 heterocycles. The highest BCUT2D eigenvalue weighted by Crippen LogP contribution is 2.47. The maximum Gasteiger partial charge on any atom is 0.0941 e. The summed E-state index contributed by atoms with van der Waals surface area (Å²) < 4.78 is 2.55. The molecule has 216 valence electrons. The van der Waals surface area contributed by atoms with Crippen molar-refractivity contribution in [1.82, 2.24) is 24.5 Å². The minimum atomic E-state index is 0.0865. The molecule has 5 aromatic heterocycles. The number of rotatable bonds is 3. The molecule has 10 rings (SSSR count). The van der Waals surface area contributed by atoms with Crippen molar-refractivity contribution in [2.24, 2.45) is 0 Å². The summed E-state index contributed by atoms with van der Waals surface area (Å²) in [4.78, 5) is 21.1. The van der Waals surface area contributed by atoms with Crippen LogP contribution in [0.1, 0.15) is 22.7 Å². The minimum absolute atomic E-state index is 0.0865. The maximum absolute atomic E-state index is 4.84. The zero-order valence-electron chi connectivity index (χ0n) is 24.7. The highest BCUT2D eigenvalue weighted by Gasteiger charge is 2.31. The molecule has 0 saturated carbocycles. The van der Waals surface area contributed by atoms with Gasteiger partial charge in [-0.2, -0.15) is 0 Å². The first-order valence-corrected chi connectivity index (χ1v) is 15.6. The summed E-state index contributed by atoms with van der Waals surface area (Å²) in [6.07, 6.45) is 12.8. The molecule has 1 atom stereocenters. The molecule has 0 fully saturated rings. The first kappa shape index (κ1) is 25.2. The van der Waals surface area contributed by atoms with Gasteiger partial charge in [-0.05, 0) is 83.6 Å². The fourth-order valence-corrected chi connectivity index (χ4v) is 7.55. The zero-order valence-corrected chi connectivity index (χ0v) is 24.7.